The van der Waals surface area contributed by atoms with Crippen molar-refractivity contribution in [3.63, 3.8) is 0 Å². The molecule has 1 heterocycles. The molecular weight excluding hydrogens is 236 g/mol. The summed E-state index contributed by atoms with van der Waals surface area (Å²) >= 11 is 1.88. The monoisotopic (exact) mass is 258 g/mol. The molecule has 1 atom stereocenters. The molecule has 0 aromatic heterocycles. The number of nitrogens with one attached hydrogen (secondary N) is 2. The number of carbonyl (C=O) groups is 2. The molecule has 1 saturated heterocycles. The number of hydrogen-bond acceptors (Lipinski definition) is 3. The van der Waals surface area contributed by atoms with Gasteiger partial charge in [-0.05, 0) is 24.9 Å². The Morgan fingerprint density at radius 2 is 2.18 bits per heavy atom. The molecule has 5 heteroatoms. The lowest BCUT2D eigenvalue weighted by Gasteiger charge is -2.08. The number of unbranched alkanes of at least 4 members (excludes halogenated alkanes) is 3. The van der Waals surface area contributed by atoms with Crippen molar-refractivity contribution in [1.29, 1.82) is 0 Å². The van der Waals surface area contributed by atoms with E-state index in [0.29, 0.717) is 13.0 Å². The van der Waals surface area contributed by atoms with Crippen LogP contribution in [0.25, 0.3) is 0 Å². The third-order valence-corrected chi connectivity index (χ3v) is 3.62. The minimum atomic E-state index is -0.154. The van der Waals surface area contributed by atoms with E-state index in [-0.39, 0.29) is 17.7 Å². The lowest BCUT2D eigenvalue weighted by atomic mass is 10.1. The van der Waals surface area contributed by atoms with Crippen molar-refractivity contribution >= 4 is 23.6 Å². The fourth-order valence-electron chi connectivity index (χ4n) is 1.87. The third-order valence-electron chi connectivity index (χ3n) is 2.92. The molecule has 0 bridgehead atoms. The van der Waals surface area contributed by atoms with Crippen molar-refractivity contribution in [2.45, 2.75) is 32.1 Å². The van der Waals surface area contributed by atoms with Crippen LogP contribution in [0.5, 0.6) is 0 Å². The van der Waals surface area contributed by atoms with Gasteiger partial charge in [-0.3, -0.25) is 9.59 Å². The maximum Gasteiger partial charge on any atom is 0.225 e. The van der Waals surface area contributed by atoms with Gasteiger partial charge in [0.15, 0.2) is 0 Å². The van der Waals surface area contributed by atoms with Gasteiger partial charge >= 0.3 is 0 Å². The van der Waals surface area contributed by atoms with Gasteiger partial charge in [-0.2, -0.15) is 11.8 Å². The maximum absolute atomic E-state index is 11.6. The molecule has 1 aliphatic heterocycles. The van der Waals surface area contributed by atoms with Gasteiger partial charge in [0.25, 0.3) is 0 Å². The Balaban J connectivity index is 1.95. The van der Waals surface area contributed by atoms with Crippen LogP contribution in [0.1, 0.15) is 32.1 Å². The predicted molar refractivity (Wildman–Crippen MR) is 71.0 cm³/mol. The first kappa shape index (κ1) is 14.4. The van der Waals surface area contributed by atoms with Crippen molar-refractivity contribution in [3.05, 3.63) is 0 Å². The van der Waals surface area contributed by atoms with Gasteiger partial charge < -0.3 is 10.6 Å². The molecule has 1 fully saturated rings. The Hall–Kier alpha value is -0.710. The van der Waals surface area contributed by atoms with Crippen LogP contribution in [0.15, 0.2) is 0 Å². The lowest BCUT2D eigenvalue weighted by molar-refractivity contribution is -0.126. The van der Waals surface area contributed by atoms with E-state index < -0.39 is 0 Å². The molecule has 2 N–H and O–H groups in total. The number of carbonyl (C=O) groups excluding carboxylic acids is 2. The topological polar surface area (TPSA) is 58.2 Å². The summed E-state index contributed by atoms with van der Waals surface area (Å²) in [6, 6.07) is 0. The molecule has 17 heavy (non-hydrogen) atoms. The van der Waals surface area contributed by atoms with E-state index in [4.69, 9.17) is 0 Å². The van der Waals surface area contributed by atoms with E-state index in [0.717, 1.165) is 13.0 Å². The lowest BCUT2D eigenvalue weighted by Crippen LogP contribution is -2.32. The smallest absolute Gasteiger partial charge is 0.225 e. The highest BCUT2D eigenvalue weighted by Gasteiger charge is 2.27. The SMILES string of the molecule is CSCCCCCCNC(=O)C1CNC(=O)C1. The molecule has 0 spiro atoms. The summed E-state index contributed by atoms with van der Waals surface area (Å²) in [7, 11) is 0. The molecule has 0 aromatic rings. The van der Waals surface area contributed by atoms with Gasteiger partial charge in [0.1, 0.15) is 0 Å². The first-order chi connectivity index (χ1) is 8.24. The Bertz CT molecular complexity index is 259. The molecule has 0 aliphatic carbocycles. The second-order valence-electron chi connectivity index (χ2n) is 4.40. The summed E-state index contributed by atoms with van der Waals surface area (Å²) in [5.74, 6) is 1.08. The van der Waals surface area contributed by atoms with E-state index in [1.54, 1.807) is 0 Å². The maximum atomic E-state index is 11.6. The van der Waals surface area contributed by atoms with Gasteiger partial charge in [-0.1, -0.05) is 12.8 Å². The van der Waals surface area contributed by atoms with Crippen molar-refractivity contribution in [2.24, 2.45) is 5.92 Å². The molecule has 2 amide bonds. The predicted octanol–water partition coefficient (Wildman–Crippen LogP) is 1.16. The fourth-order valence-corrected chi connectivity index (χ4v) is 2.36. The highest BCUT2D eigenvalue weighted by atomic mass is 32.2. The zero-order chi connectivity index (χ0) is 12.5. The van der Waals surface area contributed by atoms with Crippen LogP contribution in [-0.2, 0) is 9.59 Å². The fraction of sp³-hybridized carbons (Fsp3) is 0.833. The third kappa shape index (κ3) is 5.96. The van der Waals surface area contributed by atoms with E-state index in [9.17, 15) is 9.59 Å². The van der Waals surface area contributed by atoms with Crippen LogP contribution in [0.4, 0.5) is 0 Å². The highest BCUT2D eigenvalue weighted by molar-refractivity contribution is 7.98. The van der Waals surface area contributed by atoms with Crippen molar-refractivity contribution in [2.75, 3.05) is 25.1 Å². The Morgan fingerprint density at radius 1 is 1.41 bits per heavy atom. The second kappa shape index (κ2) is 8.39. The molecule has 0 radical (unpaired) electrons. The summed E-state index contributed by atoms with van der Waals surface area (Å²) in [4.78, 5) is 22.6. The number of thioether (sulfide) groups is 1. The van der Waals surface area contributed by atoms with Crippen LogP contribution in [0.2, 0.25) is 0 Å². The standard InChI is InChI=1S/C12H22N2O2S/c1-17-7-5-3-2-4-6-13-12(16)10-8-11(15)14-9-10/h10H,2-9H2,1H3,(H,13,16)(H,14,15). The minimum absolute atomic E-state index is 0.0118. The molecule has 98 valence electrons. The zero-order valence-electron chi connectivity index (χ0n) is 10.5. The molecule has 1 unspecified atom stereocenters. The first-order valence-electron chi connectivity index (χ1n) is 6.27. The van der Waals surface area contributed by atoms with Gasteiger partial charge in [-0.25, -0.2) is 0 Å². The average Bonchev–Trinajstić information content (AvgIpc) is 2.74. The largest absolute Gasteiger partial charge is 0.356 e. The van der Waals surface area contributed by atoms with Crippen LogP contribution in [0, 0.1) is 5.92 Å². The Morgan fingerprint density at radius 3 is 2.82 bits per heavy atom. The van der Waals surface area contributed by atoms with Crippen LogP contribution < -0.4 is 10.6 Å². The number of rotatable bonds is 8. The normalized spacial score (nSPS) is 19.1. The van der Waals surface area contributed by atoms with E-state index in [1.807, 2.05) is 11.8 Å². The summed E-state index contributed by atoms with van der Waals surface area (Å²) in [5, 5.41) is 5.57. The van der Waals surface area contributed by atoms with Crippen molar-refractivity contribution in [1.82, 2.24) is 10.6 Å². The second-order valence-corrected chi connectivity index (χ2v) is 5.39. The first-order valence-corrected chi connectivity index (χ1v) is 7.66. The van der Waals surface area contributed by atoms with E-state index in [2.05, 4.69) is 16.9 Å². The van der Waals surface area contributed by atoms with Crippen molar-refractivity contribution < 1.29 is 9.59 Å². The molecule has 4 nitrogen and oxygen atoms in total. The van der Waals surface area contributed by atoms with Gasteiger partial charge in [0.2, 0.25) is 11.8 Å². The quantitative estimate of drug-likeness (QED) is 0.642. The molecule has 0 saturated carbocycles. The van der Waals surface area contributed by atoms with E-state index >= 15 is 0 Å². The summed E-state index contributed by atoms with van der Waals surface area (Å²) in [6.07, 6.45) is 7.17. The van der Waals surface area contributed by atoms with Crippen molar-refractivity contribution in [3.8, 4) is 0 Å². The molecule has 1 aliphatic rings. The van der Waals surface area contributed by atoms with Crippen LogP contribution in [-0.4, -0.2) is 36.9 Å². The van der Waals surface area contributed by atoms with E-state index in [1.165, 1.54) is 25.0 Å². The molecular formula is C12H22N2O2S. The summed E-state index contributed by atoms with van der Waals surface area (Å²) in [6.45, 7) is 1.24. The van der Waals surface area contributed by atoms with Gasteiger partial charge in [0, 0.05) is 19.5 Å². The zero-order valence-corrected chi connectivity index (χ0v) is 11.3. The Kier molecular flexibility index (Phi) is 7.08. The highest BCUT2D eigenvalue weighted by Crippen LogP contribution is 2.09. The average molecular weight is 258 g/mol. The minimum Gasteiger partial charge on any atom is -0.356 e. The Labute approximate surface area is 107 Å². The van der Waals surface area contributed by atoms with Crippen LogP contribution >= 0.6 is 11.8 Å². The number of hydrogen-bond donors (Lipinski definition) is 2. The molecule has 1 rings (SSSR count). The van der Waals surface area contributed by atoms with Crippen LogP contribution in [0.3, 0.4) is 0 Å². The van der Waals surface area contributed by atoms with Gasteiger partial charge in [0.05, 0.1) is 5.92 Å². The van der Waals surface area contributed by atoms with Gasteiger partial charge in [-0.15, -0.1) is 0 Å². The summed E-state index contributed by atoms with van der Waals surface area (Å²) in [5.41, 5.74) is 0. The summed E-state index contributed by atoms with van der Waals surface area (Å²) < 4.78 is 0. The molecule has 0 aromatic carbocycles. The number of amides is 2.